The zero-order valence-electron chi connectivity index (χ0n) is 18.1. The Labute approximate surface area is 183 Å². The van der Waals surface area contributed by atoms with Crippen LogP contribution in [0.4, 0.5) is 0 Å². The van der Waals surface area contributed by atoms with E-state index in [-0.39, 0.29) is 5.04 Å². The summed E-state index contributed by atoms with van der Waals surface area (Å²) in [6.45, 7) is 11.7. The molecule has 0 aliphatic rings. The molecule has 1 heterocycles. The fraction of sp³-hybridized carbons (Fsp3) is 0.292. The molecule has 3 rings (SSSR count). The summed E-state index contributed by atoms with van der Waals surface area (Å²) in [5, 5.41) is 0.155. The molecule has 0 spiro atoms. The van der Waals surface area contributed by atoms with Gasteiger partial charge in [0.25, 0.3) is 0 Å². The Kier molecular flexibility index (Phi) is 6.78. The van der Waals surface area contributed by atoms with Gasteiger partial charge in [0, 0.05) is 4.90 Å². The van der Waals surface area contributed by atoms with Gasteiger partial charge in [0.15, 0.2) is 12.0 Å². The quantitative estimate of drug-likeness (QED) is 0.274. The van der Waals surface area contributed by atoms with E-state index in [1.165, 1.54) is 18.0 Å². The maximum absolute atomic E-state index is 11.0. The molecule has 3 aromatic rings. The number of hydrogen-bond donors (Lipinski definition) is 0. The highest BCUT2D eigenvalue weighted by Crippen LogP contribution is 2.37. The van der Waals surface area contributed by atoms with Crippen LogP contribution >= 0.6 is 11.8 Å². The van der Waals surface area contributed by atoms with Crippen molar-refractivity contribution in [3.8, 4) is 11.5 Å². The molecule has 0 N–H and O–H groups in total. The van der Waals surface area contributed by atoms with Crippen molar-refractivity contribution in [1.29, 1.82) is 0 Å². The molecule has 0 bridgehead atoms. The molecular weight excluding hydrogens is 412 g/mol. The van der Waals surface area contributed by atoms with Gasteiger partial charge in [0.1, 0.15) is 18.1 Å². The van der Waals surface area contributed by atoms with Crippen molar-refractivity contribution in [2.24, 2.45) is 0 Å². The Morgan fingerprint density at radius 3 is 2.43 bits per heavy atom. The smallest absolute Gasteiger partial charge is 0.250 e. The van der Waals surface area contributed by atoms with E-state index < -0.39 is 8.32 Å². The fourth-order valence-electron chi connectivity index (χ4n) is 2.52. The topological polar surface area (TPSA) is 48.7 Å². The van der Waals surface area contributed by atoms with E-state index in [2.05, 4.69) is 39.9 Å². The van der Waals surface area contributed by atoms with Crippen LogP contribution in [0.1, 0.15) is 36.9 Å². The summed E-state index contributed by atoms with van der Waals surface area (Å²) in [6, 6.07) is 17.7. The van der Waals surface area contributed by atoms with E-state index in [4.69, 9.17) is 13.6 Å². The van der Waals surface area contributed by atoms with Gasteiger partial charge in [0.05, 0.1) is 11.2 Å². The number of aldehydes is 1. The van der Waals surface area contributed by atoms with E-state index in [1.807, 2.05) is 42.5 Å². The summed E-state index contributed by atoms with van der Waals surface area (Å²) < 4.78 is 17.5. The monoisotopic (exact) mass is 440 g/mol. The molecule has 0 amide bonds. The highest BCUT2D eigenvalue weighted by Gasteiger charge is 2.38. The van der Waals surface area contributed by atoms with Crippen molar-refractivity contribution in [2.75, 3.05) is 0 Å². The van der Waals surface area contributed by atoms with Gasteiger partial charge in [-0.05, 0) is 66.2 Å². The molecule has 6 heteroatoms. The first kappa shape index (κ1) is 22.2. The van der Waals surface area contributed by atoms with Crippen LogP contribution in [0.2, 0.25) is 18.1 Å². The van der Waals surface area contributed by atoms with E-state index >= 15 is 0 Å². The summed E-state index contributed by atoms with van der Waals surface area (Å²) in [4.78, 5) is 12.8. The molecular formula is C24H28O4SSi. The van der Waals surface area contributed by atoms with Crippen molar-refractivity contribution in [2.45, 2.75) is 55.3 Å². The molecule has 0 saturated carbocycles. The van der Waals surface area contributed by atoms with Crippen LogP contribution in [-0.4, -0.2) is 14.6 Å². The number of carbonyl (C=O) groups excluding carboxylic acids is 1. The minimum atomic E-state index is -1.87. The minimum absolute atomic E-state index is 0.155. The Morgan fingerprint density at radius 2 is 1.77 bits per heavy atom. The van der Waals surface area contributed by atoms with Crippen molar-refractivity contribution < 1.29 is 18.4 Å². The summed E-state index contributed by atoms with van der Waals surface area (Å²) in [5.41, 5.74) is 1.07. The average Bonchev–Trinajstić information content (AvgIpc) is 3.14. The summed E-state index contributed by atoms with van der Waals surface area (Å²) >= 11 is 1.48. The highest BCUT2D eigenvalue weighted by molar-refractivity contribution is 7.99. The van der Waals surface area contributed by atoms with Crippen LogP contribution in [-0.2, 0) is 6.61 Å². The first-order valence-corrected chi connectivity index (χ1v) is 13.6. The fourth-order valence-corrected chi connectivity index (χ4v) is 4.39. The van der Waals surface area contributed by atoms with Gasteiger partial charge in [-0.2, -0.15) is 0 Å². The minimum Gasteiger partial charge on any atom is -0.543 e. The number of carbonyl (C=O) groups is 1. The van der Waals surface area contributed by atoms with Crippen LogP contribution < -0.4 is 9.16 Å². The maximum atomic E-state index is 11.0. The van der Waals surface area contributed by atoms with Crippen molar-refractivity contribution in [3.05, 3.63) is 72.2 Å². The number of benzene rings is 2. The molecule has 30 heavy (non-hydrogen) atoms. The summed E-state index contributed by atoms with van der Waals surface area (Å²) in [6.07, 6.45) is 2.25. The number of hydrogen-bond acceptors (Lipinski definition) is 5. The maximum Gasteiger partial charge on any atom is 0.250 e. The molecule has 158 valence electrons. The Bertz CT molecular complexity index is 987. The Balaban J connectivity index is 1.60. The molecule has 1 aromatic heterocycles. The van der Waals surface area contributed by atoms with E-state index in [1.54, 1.807) is 6.07 Å². The predicted octanol–water partition coefficient (Wildman–Crippen LogP) is 7.21. The van der Waals surface area contributed by atoms with Crippen LogP contribution in [0.15, 0.2) is 75.1 Å². The highest BCUT2D eigenvalue weighted by atomic mass is 32.2. The van der Waals surface area contributed by atoms with Gasteiger partial charge in [-0.3, -0.25) is 4.79 Å². The van der Waals surface area contributed by atoms with Gasteiger partial charge in [0.2, 0.25) is 8.32 Å². The van der Waals surface area contributed by atoms with Gasteiger partial charge < -0.3 is 13.6 Å². The lowest BCUT2D eigenvalue weighted by Crippen LogP contribution is -2.43. The molecule has 0 aliphatic heterocycles. The molecule has 0 atom stereocenters. The SMILES string of the molecule is CC(C)(C)[Si](C)(C)Oc1cccc(COc2ccc(Sc3ccoc3C=O)cc2)c1. The standard InChI is InChI=1S/C24H28O4SSi/c1-24(2,3)30(4,5)28-20-8-6-7-18(15-20)17-27-19-9-11-21(12-10-19)29-23-13-14-26-22(23)16-25/h6-16H,17H2,1-5H3. The van der Waals surface area contributed by atoms with E-state index in [9.17, 15) is 4.79 Å². The Morgan fingerprint density at radius 1 is 1.03 bits per heavy atom. The van der Waals surface area contributed by atoms with Crippen molar-refractivity contribution in [3.63, 3.8) is 0 Å². The lowest BCUT2D eigenvalue weighted by molar-refractivity contribution is 0.109. The van der Waals surface area contributed by atoms with Crippen LogP contribution in [0.3, 0.4) is 0 Å². The summed E-state index contributed by atoms with van der Waals surface area (Å²) in [5.74, 6) is 2.04. The molecule has 0 saturated heterocycles. The Hall–Kier alpha value is -2.44. The van der Waals surface area contributed by atoms with Crippen LogP contribution in [0.5, 0.6) is 11.5 Å². The third kappa shape index (κ3) is 5.58. The first-order chi connectivity index (χ1) is 14.2. The molecule has 0 aliphatic carbocycles. The van der Waals surface area contributed by atoms with Crippen LogP contribution in [0, 0.1) is 0 Å². The zero-order chi connectivity index (χ0) is 21.8. The zero-order valence-corrected chi connectivity index (χ0v) is 19.9. The normalized spacial score (nSPS) is 11.9. The van der Waals surface area contributed by atoms with E-state index in [0.717, 1.165) is 33.1 Å². The third-order valence-electron chi connectivity index (χ3n) is 5.30. The largest absolute Gasteiger partial charge is 0.543 e. The second-order valence-corrected chi connectivity index (χ2v) is 14.5. The molecule has 4 nitrogen and oxygen atoms in total. The lowest BCUT2D eigenvalue weighted by Gasteiger charge is -2.36. The van der Waals surface area contributed by atoms with Gasteiger partial charge in [-0.15, -0.1) is 0 Å². The predicted molar refractivity (Wildman–Crippen MR) is 123 cm³/mol. The second-order valence-electron chi connectivity index (χ2n) is 8.64. The molecule has 2 aromatic carbocycles. The average molecular weight is 441 g/mol. The number of furan rings is 1. The summed E-state index contributed by atoms with van der Waals surface area (Å²) in [7, 11) is -1.87. The second kappa shape index (κ2) is 9.14. The number of rotatable bonds is 8. The number of ether oxygens (including phenoxy) is 1. The van der Waals surface area contributed by atoms with Gasteiger partial charge >= 0.3 is 0 Å². The molecule has 0 unspecified atom stereocenters. The van der Waals surface area contributed by atoms with Gasteiger partial charge in [-0.25, -0.2) is 0 Å². The van der Waals surface area contributed by atoms with Gasteiger partial charge in [-0.1, -0.05) is 44.7 Å². The lowest BCUT2D eigenvalue weighted by atomic mass is 10.2. The first-order valence-electron chi connectivity index (χ1n) is 9.89. The van der Waals surface area contributed by atoms with Crippen LogP contribution in [0.25, 0.3) is 0 Å². The van der Waals surface area contributed by atoms with Crippen molar-refractivity contribution in [1.82, 2.24) is 0 Å². The van der Waals surface area contributed by atoms with Crippen molar-refractivity contribution >= 4 is 26.4 Å². The third-order valence-corrected chi connectivity index (χ3v) is 10.7. The molecule has 0 radical (unpaired) electrons. The molecule has 0 fully saturated rings. The van der Waals surface area contributed by atoms with E-state index in [0.29, 0.717) is 12.4 Å².